The molecule has 0 amide bonds. The Morgan fingerprint density at radius 3 is 2.23 bits per heavy atom. The van der Waals surface area contributed by atoms with Gasteiger partial charge in [0.05, 0.1) is 26.3 Å². The molecule has 5 rings (SSSR count). The monoisotopic (exact) mass is 353 g/mol. The predicted octanol–water partition coefficient (Wildman–Crippen LogP) is 5.56. The van der Waals surface area contributed by atoms with Crippen LogP contribution in [-0.2, 0) is 10.8 Å². The van der Waals surface area contributed by atoms with Gasteiger partial charge in [0.2, 0.25) is 0 Å². The quantitative estimate of drug-likeness (QED) is 0.416. The van der Waals surface area contributed by atoms with Crippen LogP contribution in [0.3, 0.4) is 0 Å². The van der Waals surface area contributed by atoms with Gasteiger partial charge < -0.3 is 0 Å². The van der Waals surface area contributed by atoms with Gasteiger partial charge in [0.1, 0.15) is 0 Å². The molecule has 3 heteroatoms. The van der Waals surface area contributed by atoms with E-state index in [4.69, 9.17) is 0 Å². The van der Waals surface area contributed by atoms with Crippen molar-refractivity contribution in [1.82, 2.24) is 4.98 Å². The second-order valence-electron chi connectivity index (χ2n) is 6.27. The van der Waals surface area contributed by atoms with Gasteiger partial charge in [-0.05, 0) is 46.5 Å². The zero-order chi connectivity index (χ0) is 17.5. The molecule has 3 aromatic carbocycles. The summed E-state index contributed by atoms with van der Waals surface area (Å²) in [6.45, 7) is 0. The first kappa shape index (κ1) is 15.2. The molecule has 0 saturated carbocycles. The van der Waals surface area contributed by atoms with Gasteiger partial charge in [-0.25, -0.2) is 4.21 Å². The lowest BCUT2D eigenvalue weighted by atomic mass is 10.00. The van der Waals surface area contributed by atoms with Crippen molar-refractivity contribution in [3.8, 4) is 33.5 Å². The molecule has 1 aliphatic heterocycles. The van der Waals surface area contributed by atoms with E-state index in [9.17, 15) is 4.21 Å². The molecule has 2 heterocycles. The fourth-order valence-corrected chi connectivity index (χ4v) is 4.85. The first-order valence-corrected chi connectivity index (χ1v) is 9.63. The van der Waals surface area contributed by atoms with Crippen LogP contribution in [0.2, 0.25) is 0 Å². The van der Waals surface area contributed by atoms with Gasteiger partial charge in [-0.1, -0.05) is 60.7 Å². The lowest BCUT2D eigenvalue weighted by molar-refractivity contribution is 0.685. The molecule has 0 N–H and O–H groups in total. The molecule has 4 aromatic rings. The molecule has 0 fully saturated rings. The van der Waals surface area contributed by atoms with E-state index in [1.807, 2.05) is 54.7 Å². The van der Waals surface area contributed by atoms with E-state index in [0.29, 0.717) is 0 Å². The molecule has 124 valence electrons. The number of nitrogens with zero attached hydrogens (tertiary/aromatic N) is 1. The molecule has 26 heavy (non-hydrogen) atoms. The Bertz CT molecular complexity index is 1150. The van der Waals surface area contributed by atoms with Gasteiger partial charge >= 0.3 is 0 Å². The maximum atomic E-state index is 12.9. The first-order chi connectivity index (χ1) is 12.8. The maximum absolute atomic E-state index is 12.9. The molecular formula is C23H15NOS. The number of rotatable bonds is 2. The molecule has 1 aromatic heterocycles. The summed E-state index contributed by atoms with van der Waals surface area (Å²) in [5, 5.41) is 0. The number of benzene rings is 3. The van der Waals surface area contributed by atoms with E-state index >= 15 is 0 Å². The van der Waals surface area contributed by atoms with Crippen LogP contribution in [0.25, 0.3) is 33.5 Å². The van der Waals surface area contributed by atoms with E-state index < -0.39 is 10.8 Å². The summed E-state index contributed by atoms with van der Waals surface area (Å²) >= 11 is 0. The Hall–Kier alpha value is -3.04. The van der Waals surface area contributed by atoms with Crippen molar-refractivity contribution in [3.63, 3.8) is 0 Å². The minimum Gasteiger partial charge on any atom is -0.256 e. The summed E-state index contributed by atoms with van der Waals surface area (Å²) in [5.74, 6) is 0. The van der Waals surface area contributed by atoms with Crippen LogP contribution >= 0.6 is 0 Å². The third-order valence-electron chi connectivity index (χ3n) is 4.72. The molecule has 0 bridgehead atoms. The van der Waals surface area contributed by atoms with Crippen molar-refractivity contribution in [2.45, 2.75) is 9.79 Å². The fourth-order valence-electron chi connectivity index (χ4n) is 3.42. The largest absolute Gasteiger partial charge is 0.256 e. The lowest BCUT2D eigenvalue weighted by Gasteiger charge is -2.07. The molecule has 1 atom stereocenters. The SMILES string of the molecule is O=S1c2ccccc2-c2ccc(-c3ccnc(-c4ccccc4)c3)cc21. The van der Waals surface area contributed by atoms with E-state index in [1.54, 1.807) is 0 Å². The van der Waals surface area contributed by atoms with Crippen molar-refractivity contribution in [3.05, 3.63) is 91.1 Å². The number of fused-ring (bicyclic) bond motifs is 3. The average Bonchev–Trinajstić information content (AvgIpc) is 3.01. The standard InChI is InChI=1S/C23H15NOS/c25-26-22-9-5-4-8-19(22)20-11-10-17(15-23(20)26)18-12-13-24-21(14-18)16-6-2-1-3-7-16/h1-15H. The van der Waals surface area contributed by atoms with Crippen LogP contribution in [0, 0.1) is 0 Å². The molecule has 1 unspecified atom stereocenters. The van der Waals surface area contributed by atoms with Crippen molar-refractivity contribution in [1.29, 1.82) is 0 Å². The second kappa shape index (κ2) is 6.04. The van der Waals surface area contributed by atoms with Crippen molar-refractivity contribution < 1.29 is 4.21 Å². The third-order valence-corrected chi connectivity index (χ3v) is 6.21. The highest BCUT2D eigenvalue weighted by Crippen LogP contribution is 2.42. The highest BCUT2D eigenvalue weighted by Gasteiger charge is 2.25. The first-order valence-electron chi connectivity index (χ1n) is 8.48. The summed E-state index contributed by atoms with van der Waals surface area (Å²) in [5.41, 5.74) is 6.31. The lowest BCUT2D eigenvalue weighted by Crippen LogP contribution is -1.88. The summed E-state index contributed by atoms with van der Waals surface area (Å²) < 4.78 is 12.9. The van der Waals surface area contributed by atoms with Crippen LogP contribution in [0.1, 0.15) is 0 Å². The fraction of sp³-hybridized carbons (Fsp3) is 0. The number of hydrogen-bond acceptors (Lipinski definition) is 2. The van der Waals surface area contributed by atoms with E-state index in [2.05, 4.69) is 41.4 Å². The molecule has 0 spiro atoms. The van der Waals surface area contributed by atoms with Gasteiger partial charge in [-0.2, -0.15) is 0 Å². The predicted molar refractivity (Wildman–Crippen MR) is 105 cm³/mol. The Labute approximate surface area is 154 Å². The normalized spacial score (nSPS) is 14.7. The number of hydrogen-bond donors (Lipinski definition) is 0. The van der Waals surface area contributed by atoms with Gasteiger partial charge in [0.25, 0.3) is 0 Å². The zero-order valence-corrected chi connectivity index (χ0v) is 14.7. The second-order valence-corrected chi connectivity index (χ2v) is 7.69. The Morgan fingerprint density at radius 2 is 1.35 bits per heavy atom. The van der Waals surface area contributed by atoms with E-state index in [-0.39, 0.29) is 0 Å². The van der Waals surface area contributed by atoms with Crippen LogP contribution in [0.4, 0.5) is 0 Å². The van der Waals surface area contributed by atoms with E-state index in [0.717, 1.165) is 43.3 Å². The highest BCUT2D eigenvalue weighted by molar-refractivity contribution is 7.85. The Morgan fingerprint density at radius 1 is 0.615 bits per heavy atom. The molecule has 2 nitrogen and oxygen atoms in total. The molecule has 0 saturated heterocycles. The Kier molecular flexibility index (Phi) is 3.54. The maximum Gasteiger partial charge on any atom is 0.0862 e. The summed E-state index contributed by atoms with van der Waals surface area (Å²) in [7, 11) is -1.11. The Balaban J connectivity index is 1.60. The third kappa shape index (κ3) is 2.40. The van der Waals surface area contributed by atoms with Crippen LogP contribution in [0.5, 0.6) is 0 Å². The minimum atomic E-state index is -1.11. The average molecular weight is 353 g/mol. The molecular weight excluding hydrogens is 338 g/mol. The topological polar surface area (TPSA) is 30.0 Å². The van der Waals surface area contributed by atoms with Gasteiger partial charge in [0, 0.05) is 11.8 Å². The van der Waals surface area contributed by atoms with Gasteiger partial charge in [-0.15, -0.1) is 0 Å². The number of aromatic nitrogens is 1. The summed E-state index contributed by atoms with van der Waals surface area (Å²) in [6, 6.07) is 28.4. The van der Waals surface area contributed by atoms with Crippen molar-refractivity contribution in [2.24, 2.45) is 0 Å². The van der Waals surface area contributed by atoms with Crippen molar-refractivity contribution >= 4 is 10.8 Å². The zero-order valence-electron chi connectivity index (χ0n) is 13.9. The summed E-state index contributed by atoms with van der Waals surface area (Å²) in [4.78, 5) is 6.29. The molecule has 0 radical (unpaired) electrons. The smallest absolute Gasteiger partial charge is 0.0862 e. The molecule has 1 aliphatic rings. The minimum absolute atomic E-state index is 0.891. The highest BCUT2D eigenvalue weighted by atomic mass is 32.2. The number of pyridine rings is 1. The van der Waals surface area contributed by atoms with Crippen LogP contribution in [-0.4, -0.2) is 9.19 Å². The molecule has 0 aliphatic carbocycles. The van der Waals surface area contributed by atoms with Crippen LogP contribution < -0.4 is 0 Å². The van der Waals surface area contributed by atoms with Gasteiger partial charge in [-0.3, -0.25) is 4.98 Å². The van der Waals surface area contributed by atoms with Gasteiger partial charge in [0.15, 0.2) is 0 Å². The van der Waals surface area contributed by atoms with E-state index in [1.165, 1.54) is 0 Å². The summed E-state index contributed by atoms with van der Waals surface area (Å²) in [6.07, 6.45) is 1.83. The van der Waals surface area contributed by atoms with Crippen molar-refractivity contribution in [2.75, 3.05) is 0 Å². The van der Waals surface area contributed by atoms with Crippen LogP contribution in [0.15, 0.2) is 101 Å².